The maximum absolute atomic E-state index is 12.9. The summed E-state index contributed by atoms with van der Waals surface area (Å²) in [7, 11) is -4.20. The van der Waals surface area contributed by atoms with Gasteiger partial charge in [-0.25, -0.2) is 0 Å². The first kappa shape index (κ1) is 18.8. The molecule has 8 nitrogen and oxygen atoms in total. The predicted molar refractivity (Wildman–Crippen MR) is 99.2 cm³/mol. The largest absolute Gasteiger partial charge is 0.396 e. The minimum absolute atomic E-state index is 0.0402. The van der Waals surface area contributed by atoms with Gasteiger partial charge < -0.3 is 4.90 Å². The van der Waals surface area contributed by atoms with Crippen molar-refractivity contribution in [3.8, 4) is 0 Å². The first-order chi connectivity index (χ1) is 12.5. The molecule has 148 valence electrons. The molecule has 2 aliphatic heterocycles. The molecule has 3 fully saturated rings. The molecular weight excluding hydrogens is 368 g/mol. The van der Waals surface area contributed by atoms with E-state index in [1.807, 2.05) is 13.8 Å². The summed E-state index contributed by atoms with van der Waals surface area (Å²) in [5.74, 6) is 0.0748. The zero-order valence-electron chi connectivity index (χ0n) is 15.8. The first-order valence-corrected chi connectivity index (χ1v) is 11.1. The molecule has 3 atom stereocenters. The van der Waals surface area contributed by atoms with Gasteiger partial charge in [0.1, 0.15) is 18.5 Å². The molecule has 4 rings (SSSR count). The van der Waals surface area contributed by atoms with E-state index in [-0.39, 0.29) is 35.3 Å². The van der Waals surface area contributed by atoms with Crippen LogP contribution in [0.1, 0.15) is 46.0 Å². The number of nitrogens with two attached hydrogens (primary N) is 1. The SMILES string of the molecule is CC1(C)C2CC[C@@]1(C[N+]1(S(N)(=O)=O)C=CC(C(=O)N3CCCC3)=N1)C(=O)C2. The third-order valence-corrected chi connectivity index (χ3v) is 8.64. The van der Waals surface area contributed by atoms with Crippen molar-refractivity contribution >= 4 is 27.6 Å². The maximum atomic E-state index is 12.9. The summed E-state index contributed by atoms with van der Waals surface area (Å²) in [6, 6.07) is 0. The average molecular weight is 396 g/mol. The summed E-state index contributed by atoms with van der Waals surface area (Å²) < 4.78 is 24.3. The summed E-state index contributed by atoms with van der Waals surface area (Å²) in [4.78, 5) is 27.2. The Labute approximate surface area is 159 Å². The number of fused-ring (bicyclic) bond motifs is 2. The van der Waals surface area contributed by atoms with Gasteiger partial charge in [-0.1, -0.05) is 22.9 Å². The van der Waals surface area contributed by atoms with Crippen LogP contribution in [0, 0.1) is 16.7 Å². The summed E-state index contributed by atoms with van der Waals surface area (Å²) in [5, 5.41) is 9.88. The fourth-order valence-electron chi connectivity index (χ4n) is 5.48. The quantitative estimate of drug-likeness (QED) is 0.713. The molecular formula is C18H27N4O4S+. The van der Waals surface area contributed by atoms with E-state index in [4.69, 9.17) is 5.14 Å². The highest BCUT2D eigenvalue weighted by Gasteiger charge is 2.69. The Morgan fingerprint density at radius 1 is 1.37 bits per heavy atom. The fraction of sp³-hybridized carbons (Fsp3) is 0.722. The van der Waals surface area contributed by atoms with E-state index in [0.29, 0.717) is 25.9 Å². The standard InChI is InChI=1S/C18H27N4O4S/c1-17(2)13-5-7-18(17,15(23)11-13)12-22(27(19,25)26)10-6-14(20-22)16(24)21-8-3-4-9-21/h6,10,13H,3-5,7-9,11-12H2,1-2H3,(H2,19,25,26)/q+1/t13?,18-,22?/m1/s1. The number of likely N-dealkylation sites (tertiary alicyclic amines) is 1. The second-order valence-electron chi connectivity index (χ2n) is 8.90. The van der Waals surface area contributed by atoms with Gasteiger partial charge in [-0.15, -0.1) is 0 Å². The van der Waals surface area contributed by atoms with Crippen molar-refractivity contribution in [3.63, 3.8) is 0 Å². The van der Waals surface area contributed by atoms with Crippen LogP contribution in [0.3, 0.4) is 0 Å². The third-order valence-electron chi connectivity index (χ3n) is 7.43. The van der Waals surface area contributed by atoms with Crippen LogP contribution in [0.4, 0.5) is 0 Å². The minimum Gasteiger partial charge on any atom is -0.337 e. The summed E-state index contributed by atoms with van der Waals surface area (Å²) in [6.07, 6.45) is 6.69. The number of hydrogen-bond donors (Lipinski definition) is 1. The van der Waals surface area contributed by atoms with Crippen LogP contribution in [-0.2, 0) is 19.8 Å². The van der Waals surface area contributed by atoms with E-state index in [0.717, 1.165) is 19.3 Å². The Morgan fingerprint density at radius 2 is 2.04 bits per heavy atom. The molecule has 2 bridgehead atoms. The molecule has 0 aromatic carbocycles. The summed E-state index contributed by atoms with van der Waals surface area (Å²) in [5.41, 5.74) is -1.00. The first-order valence-electron chi connectivity index (χ1n) is 9.55. The Bertz CT molecular complexity index is 872. The Morgan fingerprint density at radius 3 is 2.56 bits per heavy atom. The molecule has 2 unspecified atom stereocenters. The Balaban J connectivity index is 1.73. The number of carbonyl (C=O) groups excluding carboxylic acids is 2. The van der Waals surface area contributed by atoms with Crippen LogP contribution in [0.25, 0.3) is 0 Å². The lowest BCUT2D eigenvalue weighted by Crippen LogP contribution is -2.56. The van der Waals surface area contributed by atoms with E-state index in [1.165, 1.54) is 12.3 Å². The van der Waals surface area contributed by atoms with E-state index in [9.17, 15) is 18.0 Å². The van der Waals surface area contributed by atoms with Crippen molar-refractivity contribution in [1.29, 1.82) is 0 Å². The molecule has 2 aliphatic carbocycles. The van der Waals surface area contributed by atoms with Gasteiger partial charge in [0, 0.05) is 25.6 Å². The van der Waals surface area contributed by atoms with Crippen molar-refractivity contribution in [3.05, 3.63) is 12.3 Å². The van der Waals surface area contributed by atoms with Crippen LogP contribution < -0.4 is 5.14 Å². The highest BCUT2D eigenvalue weighted by atomic mass is 32.2. The highest BCUT2D eigenvalue weighted by molar-refractivity contribution is 7.83. The number of nitrogens with zero attached hydrogens (tertiary/aromatic N) is 3. The Hall–Kier alpha value is -1.58. The third kappa shape index (κ3) is 2.48. The van der Waals surface area contributed by atoms with Gasteiger partial charge in [0.15, 0.2) is 5.71 Å². The second kappa shape index (κ2) is 5.71. The molecule has 9 heteroatoms. The van der Waals surface area contributed by atoms with Crippen molar-refractivity contribution in [2.24, 2.45) is 27.0 Å². The molecule has 2 saturated carbocycles. The summed E-state index contributed by atoms with van der Waals surface area (Å²) >= 11 is 0. The van der Waals surface area contributed by atoms with Gasteiger partial charge in [0.25, 0.3) is 5.91 Å². The number of hydrogen-bond acceptors (Lipinski definition) is 5. The number of amides is 1. The molecule has 0 aromatic rings. The Kier molecular flexibility index (Phi) is 3.97. The average Bonchev–Trinajstić information content (AvgIpc) is 3.32. The lowest BCUT2D eigenvalue weighted by molar-refractivity contribution is -0.764. The van der Waals surface area contributed by atoms with E-state index in [1.54, 1.807) is 4.90 Å². The van der Waals surface area contributed by atoms with Gasteiger partial charge in [-0.3, -0.25) is 9.59 Å². The highest BCUT2D eigenvalue weighted by Crippen LogP contribution is 2.64. The zero-order valence-corrected chi connectivity index (χ0v) is 16.7. The van der Waals surface area contributed by atoms with Gasteiger partial charge >= 0.3 is 10.2 Å². The molecule has 0 radical (unpaired) electrons. The molecule has 1 saturated heterocycles. The number of Topliss-reactive ketones (excluding diaryl/α,β-unsaturated/α-hetero) is 1. The van der Waals surface area contributed by atoms with Crippen LogP contribution in [0.2, 0.25) is 0 Å². The van der Waals surface area contributed by atoms with Crippen molar-refractivity contribution < 1.29 is 22.0 Å². The maximum Gasteiger partial charge on any atom is 0.396 e. The van der Waals surface area contributed by atoms with Crippen molar-refractivity contribution in [1.82, 2.24) is 4.90 Å². The monoisotopic (exact) mass is 395 g/mol. The fourth-order valence-corrected chi connectivity index (χ4v) is 6.31. The van der Waals surface area contributed by atoms with Crippen LogP contribution in [0.15, 0.2) is 17.4 Å². The topological polar surface area (TPSA) is 110 Å². The van der Waals surface area contributed by atoms with Crippen molar-refractivity contribution in [2.75, 3.05) is 19.6 Å². The predicted octanol–water partition coefficient (Wildman–Crippen LogP) is 0.908. The van der Waals surface area contributed by atoms with Crippen LogP contribution in [-0.4, -0.2) is 54.4 Å². The smallest absolute Gasteiger partial charge is 0.337 e. The van der Waals surface area contributed by atoms with Gasteiger partial charge in [-0.2, -0.15) is 13.6 Å². The van der Waals surface area contributed by atoms with Crippen LogP contribution >= 0.6 is 0 Å². The molecule has 4 aliphatic rings. The van der Waals surface area contributed by atoms with E-state index >= 15 is 0 Å². The van der Waals surface area contributed by atoms with Crippen LogP contribution in [0.5, 0.6) is 0 Å². The molecule has 1 amide bonds. The van der Waals surface area contributed by atoms with E-state index in [2.05, 4.69) is 5.10 Å². The molecule has 2 heterocycles. The normalized spacial score (nSPS) is 37.3. The minimum atomic E-state index is -4.20. The number of ketones is 1. The zero-order chi connectivity index (χ0) is 19.7. The molecule has 2 N–H and O–H groups in total. The summed E-state index contributed by atoms with van der Waals surface area (Å²) in [6.45, 7) is 5.34. The van der Waals surface area contributed by atoms with E-state index < -0.39 is 19.6 Å². The lowest BCUT2D eigenvalue weighted by Gasteiger charge is -2.39. The molecule has 0 aromatic heterocycles. The van der Waals surface area contributed by atoms with Crippen molar-refractivity contribution in [2.45, 2.75) is 46.0 Å². The number of carbonyl (C=O) groups is 2. The van der Waals surface area contributed by atoms with Gasteiger partial charge in [0.05, 0.1) is 5.41 Å². The lowest BCUT2D eigenvalue weighted by atomic mass is 9.68. The van der Waals surface area contributed by atoms with Gasteiger partial charge in [-0.05, 0) is 37.0 Å². The number of rotatable bonds is 4. The second-order valence-corrected chi connectivity index (χ2v) is 10.6. The van der Waals surface area contributed by atoms with Gasteiger partial charge in [0.2, 0.25) is 0 Å². The number of quaternary nitrogens is 1. The molecule has 27 heavy (non-hydrogen) atoms. The molecule has 0 spiro atoms.